The molecule has 152 valence electrons. The summed E-state index contributed by atoms with van der Waals surface area (Å²) in [6, 6.07) is 26.3. The third-order valence-electron chi connectivity index (χ3n) is 5.76. The molecule has 0 N–H and O–H groups in total. The Labute approximate surface area is 184 Å². The number of rotatable bonds is 3. The van der Waals surface area contributed by atoms with Gasteiger partial charge in [0, 0.05) is 23.4 Å². The summed E-state index contributed by atoms with van der Waals surface area (Å²) < 4.78 is 0. The van der Waals surface area contributed by atoms with E-state index in [1.165, 1.54) is 11.8 Å². The minimum atomic E-state index is -1.06. The molecule has 5 nitrogen and oxygen atoms in total. The van der Waals surface area contributed by atoms with E-state index >= 15 is 0 Å². The summed E-state index contributed by atoms with van der Waals surface area (Å²) in [6.07, 6.45) is 0. The lowest BCUT2D eigenvalue weighted by atomic mass is 10.0. The van der Waals surface area contributed by atoms with E-state index in [1.807, 2.05) is 54.6 Å². The number of carbonyl (C=O) groups excluding carboxylic acids is 2. The lowest BCUT2D eigenvalue weighted by Crippen LogP contribution is -2.50. The predicted molar refractivity (Wildman–Crippen MR) is 120 cm³/mol. The Kier molecular flexibility index (Phi) is 4.76. The number of nitrogens with zero attached hydrogens (tertiary/aromatic N) is 3. The molecule has 6 heteroatoms. The van der Waals surface area contributed by atoms with Crippen LogP contribution < -0.4 is 4.90 Å². The number of carbonyl (C=O) groups is 2. The molecular formula is C25H19N3O2S. The summed E-state index contributed by atoms with van der Waals surface area (Å²) in [4.78, 5) is 29.8. The third kappa shape index (κ3) is 3.01. The van der Waals surface area contributed by atoms with Crippen molar-refractivity contribution >= 4 is 29.3 Å². The maximum Gasteiger partial charge on any atom is 0.268 e. The normalized spacial score (nSPS) is 19.5. The average molecular weight is 426 g/mol. The topological polar surface area (TPSA) is 64.4 Å². The smallest absolute Gasteiger partial charge is 0.268 e. The molecule has 3 aromatic rings. The van der Waals surface area contributed by atoms with Gasteiger partial charge >= 0.3 is 0 Å². The van der Waals surface area contributed by atoms with E-state index in [0.29, 0.717) is 30.0 Å². The van der Waals surface area contributed by atoms with Crippen molar-refractivity contribution in [2.45, 2.75) is 11.4 Å². The Morgan fingerprint density at radius 3 is 2.61 bits per heavy atom. The Morgan fingerprint density at radius 1 is 1.03 bits per heavy atom. The number of anilines is 1. The van der Waals surface area contributed by atoms with Crippen molar-refractivity contribution in [2.75, 3.05) is 17.2 Å². The van der Waals surface area contributed by atoms with Crippen LogP contribution in [0.15, 0.2) is 78.9 Å². The monoisotopic (exact) mass is 425 g/mol. The quantitative estimate of drug-likeness (QED) is 0.633. The highest BCUT2D eigenvalue weighted by Crippen LogP contribution is 2.54. The lowest BCUT2D eigenvalue weighted by Gasteiger charge is -2.33. The molecule has 2 aliphatic heterocycles. The summed E-state index contributed by atoms with van der Waals surface area (Å²) >= 11 is 1.52. The molecule has 1 unspecified atom stereocenters. The minimum Gasteiger partial charge on any atom is -0.311 e. The van der Waals surface area contributed by atoms with Crippen molar-refractivity contribution in [1.82, 2.24) is 4.90 Å². The molecule has 3 aromatic carbocycles. The Bertz CT molecular complexity index is 1220. The van der Waals surface area contributed by atoms with E-state index in [4.69, 9.17) is 0 Å². The summed E-state index contributed by atoms with van der Waals surface area (Å²) in [5, 5.41) is 9.23. The molecule has 1 spiro atoms. The van der Waals surface area contributed by atoms with Crippen LogP contribution in [0.2, 0.25) is 0 Å². The van der Waals surface area contributed by atoms with E-state index in [0.717, 1.165) is 16.8 Å². The molecule has 0 aromatic heterocycles. The molecule has 0 aliphatic carbocycles. The van der Waals surface area contributed by atoms with Crippen molar-refractivity contribution in [1.29, 1.82) is 5.26 Å². The van der Waals surface area contributed by atoms with Gasteiger partial charge in [0.05, 0.1) is 23.9 Å². The van der Waals surface area contributed by atoms with Gasteiger partial charge in [-0.2, -0.15) is 5.26 Å². The Balaban J connectivity index is 1.57. The first-order valence-electron chi connectivity index (χ1n) is 10.1. The molecule has 2 amide bonds. The van der Waals surface area contributed by atoms with Crippen LogP contribution in [0.25, 0.3) is 0 Å². The minimum absolute atomic E-state index is 0.108. The fourth-order valence-corrected chi connectivity index (χ4v) is 5.84. The van der Waals surface area contributed by atoms with Gasteiger partial charge < -0.3 is 9.80 Å². The van der Waals surface area contributed by atoms with Crippen molar-refractivity contribution in [3.05, 3.63) is 101 Å². The molecular weight excluding hydrogens is 406 g/mol. The van der Waals surface area contributed by atoms with Crippen LogP contribution in [-0.2, 0) is 16.2 Å². The molecule has 0 bridgehead atoms. The van der Waals surface area contributed by atoms with E-state index in [9.17, 15) is 14.9 Å². The van der Waals surface area contributed by atoms with Crippen molar-refractivity contribution < 1.29 is 9.59 Å². The van der Waals surface area contributed by atoms with Crippen LogP contribution in [0.5, 0.6) is 0 Å². The largest absolute Gasteiger partial charge is 0.311 e. The molecule has 1 saturated heterocycles. The van der Waals surface area contributed by atoms with Crippen LogP contribution in [-0.4, -0.2) is 29.0 Å². The summed E-state index contributed by atoms with van der Waals surface area (Å²) in [6.45, 7) is 0.858. The molecule has 31 heavy (non-hydrogen) atoms. The number of nitriles is 1. The Morgan fingerprint density at radius 2 is 1.81 bits per heavy atom. The number of hydrogen-bond donors (Lipinski definition) is 0. The first-order chi connectivity index (χ1) is 15.1. The zero-order valence-electron chi connectivity index (χ0n) is 16.7. The van der Waals surface area contributed by atoms with Crippen LogP contribution in [0, 0.1) is 11.3 Å². The maximum atomic E-state index is 13.9. The zero-order chi connectivity index (χ0) is 21.4. The standard InChI is InChI=1S/C25H19N3O2S/c26-16-18-7-6-8-19(15-18)17-27-22-12-5-4-11-21(22)25(24(27)30)28(13-14-31-25)23(29)20-9-2-1-3-10-20/h1-12,15H,13-14,17H2. The van der Waals surface area contributed by atoms with Gasteiger partial charge in [-0.25, -0.2) is 0 Å². The molecule has 2 heterocycles. The van der Waals surface area contributed by atoms with Crippen molar-refractivity contribution in [3.8, 4) is 6.07 Å². The summed E-state index contributed by atoms with van der Waals surface area (Å²) in [5.74, 6) is 0.445. The van der Waals surface area contributed by atoms with E-state index < -0.39 is 4.87 Å². The highest BCUT2D eigenvalue weighted by Gasteiger charge is 2.59. The summed E-state index contributed by atoms with van der Waals surface area (Å²) in [5.41, 5.74) is 3.68. The highest BCUT2D eigenvalue weighted by molar-refractivity contribution is 8.01. The maximum absolute atomic E-state index is 13.9. The second-order valence-electron chi connectivity index (χ2n) is 7.54. The molecule has 1 atom stereocenters. The molecule has 2 aliphatic rings. The number of para-hydroxylation sites is 1. The van der Waals surface area contributed by atoms with Gasteiger partial charge in [-0.15, -0.1) is 11.8 Å². The molecule has 0 saturated carbocycles. The van der Waals surface area contributed by atoms with E-state index in [2.05, 4.69) is 6.07 Å². The fourth-order valence-electron chi connectivity index (χ4n) is 4.38. The van der Waals surface area contributed by atoms with Gasteiger partial charge in [0.1, 0.15) is 0 Å². The van der Waals surface area contributed by atoms with Gasteiger partial charge in [-0.3, -0.25) is 9.59 Å². The zero-order valence-corrected chi connectivity index (χ0v) is 17.5. The number of benzene rings is 3. The van der Waals surface area contributed by atoms with Crippen molar-refractivity contribution in [3.63, 3.8) is 0 Å². The van der Waals surface area contributed by atoms with Crippen LogP contribution >= 0.6 is 11.8 Å². The van der Waals surface area contributed by atoms with Crippen LogP contribution in [0.3, 0.4) is 0 Å². The number of amides is 2. The fraction of sp³-hybridized carbons (Fsp3) is 0.160. The average Bonchev–Trinajstić information content (AvgIpc) is 3.36. The second-order valence-corrected chi connectivity index (χ2v) is 8.82. The number of fused-ring (bicyclic) bond motifs is 2. The number of thioether (sulfide) groups is 1. The van der Waals surface area contributed by atoms with Crippen LogP contribution in [0.1, 0.15) is 27.0 Å². The second kappa shape index (κ2) is 7.60. The molecule has 5 rings (SSSR count). The van der Waals surface area contributed by atoms with Gasteiger partial charge in [-0.1, -0.05) is 48.5 Å². The van der Waals surface area contributed by atoms with Crippen LogP contribution in [0.4, 0.5) is 5.69 Å². The van der Waals surface area contributed by atoms with Gasteiger partial charge in [0.25, 0.3) is 11.8 Å². The SMILES string of the molecule is N#Cc1cccc(CN2C(=O)C3(SCCN3C(=O)c3ccccc3)c3ccccc32)c1. The highest BCUT2D eigenvalue weighted by atomic mass is 32.2. The van der Waals surface area contributed by atoms with E-state index in [1.54, 1.807) is 34.1 Å². The molecule has 0 radical (unpaired) electrons. The predicted octanol–water partition coefficient (Wildman–Crippen LogP) is 4.15. The first kappa shape index (κ1) is 19.4. The lowest BCUT2D eigenvalue weighted by molar-refractivity contribution is -0.123. The van der Waals surface area contributed by atoms with Crippen molar-refractivity contribution in [2.24, 2.45) is 0 Å². The number of hydrogen-bond acceptors (Lipinski definition) is 4. The van der Waals surface area contributed by atoms with Gasteiger partial charge in [-0.05, 0) is 35.9 Å². The third-order valence-corrected chi connectivity index (χ3v) is 7.18. The Hall–Kier alpha value is -3.56. The first-order valence-corrected chi connectivity index (χ1v) is 11.1. The molecule has 1 fully saturated rings. The van der Waals surface area contributed by atoms with E-state index in [-0.39, 0.29) is 11.8 Å². The van der Waals surface area contributed by atoms with Gasteiger partial charge in [0.2, 0.25) is 0 Å². The summed E-state index contributed by atoms with van der Waals surface area (Å²) in [7, 11) is 0. The van der Waals surface area contributed by atoms with Gasteiger partial charge in [0.15, 0.2) is 4.87 Å².